The SMILES string of the molecule is Cc1nc(C(N)=O)nc(N2CC[C@@H](NC(C)Cc3ccccc3F)C2)c1C. The van der Waals surface area contributed by atoms with Crippen LogP contribution in [0.25, 0.3) is 0 Å². The molecule has 2 atom stereocenters. The van der Waals surface area contributed by atoms with E-state index in [1.54, 1.807) is 6.07 Å². The predicted octanol–water partition coefficient (Wildman–Crippen LogP) is 2.13. The molecule has 1 aromatic heterocycles. The van der Waals surface area contributed by atoms with Crippen molar-refractivity contribution in [1.29, 1.82) is 0 Å². The van der Waals surface area contributed by atoms with E-state index < -0.39 is 5.91 Å². The molecule has 7 heteroatoms. The summed E-state index contributed by atoms with van der Waals surface area (Å²) >= 11 is 0. The Labute approximate surface area is 159 Å². The molecule has 6 nitrogen and oxygen atoms in total. The molecule has 1 amide bonds. The fourth-order valence-electron chi connectivity index (χ4n) is 3.58. The molecule has 2 heterocycles. The van der Waals surface area contributed by atoms with Crippen molar-refractivity contribution in [2.75, 3.05) is 18.0 Å². The molecule has 1 saturated heterocycles. The van der Waals surface area contributed by atoms with Gasteiger partial charge >= 0.3 is 0 Å². The van der Waals surface area contributed by atoms with E-state index in [2.05, 4.69) is 27.1 Å². The molecule has 3 N–H and O–H groups in total. The quantitative estimate of drug-likeness (QED) is 0.813. The van der Waals surface area contributed by atoms with Crippen molar-refractivity contribution in [3.05, 3.63) is 52.7 Å². The number of hydrogen-bond acceptors (Lipinski definition) is 5. The van der Waals surface area contributed by atoms with Crippen LogP contribution in [0.1, 0.15) is 40.8 Å². The zero-order valence-corrected chi connectivity index (χ0v) is 16.0. The number of nitrogens with one attached hydrogen (secondary N) is 1. The first kappa shape index (κ1) is 19.2. The first-order chi connectivity index (χ1) is 12.8. The highest BCUT2D eigenvalue weighted by molar-refractivity contribution is 5.89. The minimum atomic E-state index is -0.619. The Balaban J connectivity index is 1.65. The summed E-state index contributed by atoms with van der Waals surface area (Å²) in [5.74, 6) is 0.0387. The van der Waals surface area contributed by atoms with Crippen molar-refractivity contribution >= 4 is 11.7 Å². The van der Waals surface area contributed by atoms with E-state index in [9.17, 15) is 9.18 Å². The third kappa shape index (κ3) is 4.42. The summed E-state index contributed by atoms with van der Waals surface area (Å²) in [6.07, 6.45) is 1.59. The summed E-state index contributed by atoms with van der Waals surface area (Å²) in [7, 11) is 0. The van der Waals surface area contributed by atoms with Gasteiger partial charge in [-0.15, -0.1) is 0 Å². The van der Waals surface area contributed by atoms with Crippen LogP contribution in [0.15, 0.2) is 24.3 Å². The van der Waals surface area contributed by atoms with Crippen molar-refractivity contribution < 1.29 is 9.18 Å². The Kier molecular flexibility index (Phi) is 5.70. The van der Waals surface area contributed by atoms with Crippen molar-refractivity contribution in [3.63, 3.8) is 0 Å². The normalized spacial score (nSPS) is 17.9. The zero-order chi connectivity index (χ0) is 19.6. The van der Waals surface area contributed by atoms with Crippen LogP contribution in [0, 0.1) is 19.7 Å². The summed E-state index contributed by atoms with van der Waals surface area (Å²) < 4.78 is 13.8. The monoisotopic (exact) mass is 371 g/mol. The van der Waals surface area contributed by atoms with E-state index in [1.165, 1.54) is 6.07 Å². The second-order valence-corrected chi connectivity index (χ2v) is 7.24. The summed E-state index contributed by atoms with van der Waals surface area (Å²) in [6.45, 7) is 7.49. The molecule has 1 fully saturated rings. The molecule has 0 saturated carbocycles. The average molecular weight is 371 g/mol. The second kappa shape index (κ2) is 8.00. The number of primary amides is 1. The highest BCUT2D eigenvalue weighted by Crippen LogP contribution is 2.24. The van der Waals surface area contributed by atoms with Gasteiger partial charge in [-0.1, -0.05) is 18.2 Å². The van der Waals surface area contributed by atoms with Crippen LogP contribution in [0.3, 0.4) is 0 Å². The van der Waals surface area contributed by atoms with Crippen LogP contribution in [0.5, 0.6) is 0 Å². The molecule has 0 radical (unpaired) electrons. The lowest BCUT2D eigenvalue weighted by atomic mass is 10.1. The average Bonchev–Trinajstić information content (AvgIpc) is 3.07. The first-order valence-electron chi connectivity index (χ1n) is 9.24. The third-order valence-corrected chi connectivity index (χ3v) is 5.08. The van der Waals surface area contributed by atoms with E-state index in [0.29, 0.717) is 6.42 Å². The van der Waals surface area contributed by atoms with Crippen LogP contribution < -0.4 is 16.0 Å². The lowest BCUT2D eigenvalue weighted by Gasteiger charge is -2.23. The maximum Gasteiger partial charge on any atom is 0.286 e. The molecule has 1 aliphatic heterocycles. The van der Waals surface area contributed by atoms with Gasteiger partial charge in [0.25, 0.3) is 5.91 Å². The highest BCUT2D eigenvalue weighted by atomic mass is 19.1. The first-order valence-corrected chi connectivity index (χ1v) is 9.24. The summed E-state index contributed by atoms with van der Waals surface area (Å²) in [4.78, 5) is 22.2. The van der Waals surface area contributed by atoms with Gasteiger partial charge in [-0.25, -0.2) is 14.4 Å². The van der Waals surface area contributed by atoms with Crippen molar-refractivity contribution in [3.8, 4) is 0 Å². The van der Waals surface area contributed by atoms with Crippen LogP contribution in [0.4, 0.5) is 10.2 Å². The van der Waals surface area contributed by atoms with Gasteiger partial charge in [-0.05, 0) is 45.2 Å². The van der Waals surface area contributed by atoms with Gasteiger partial charge in [0.05, 0.1) is 0 Å². The molecule has 1 aromatic carbocycles. The Morgan fingerprint density at radius 3 is 2.81 bits per heavy atom. The summed E-state index contributed by atoms with van der Waals surface area (Å²) in [5.41, 5.74) is 7.80. The Morgan fingerprint density at radius 1 is 1.37 bits per heavy atom. The Morgan fingerprint density at radius 2 is 2.11 bits per heavy atom. The number of rotatable bonds is 6. The number of aryl methyl sites for hydroxylation is 1. The van der Waals surface area contributed by atoms with E-state index in [-0.39, 0.29) is 23.7 Å². The van der Waals surface area contributed by atoms with E-state index >= 15 is 0 Å². The molecule has 1 unspecified atom stereocenters. The lowest BCUT2D eigenvalue weighted by molar-refractivity contribution is 0.0990. The number of nitrogens with two attached hydrogens (primary N) is 1. The number of nitrogens with zero attached hydrogens (tertiary/aromatic N) is 3. The number of benzene rings is 1. The van der Waals surface area contributed by atoms with Crippen molar-refractivity contribution in [2.45, 2.75) is 45.7 Å². The Bertz CT molecular complexity index is 841. The van der Waals surface area contributed by atoms with Crippen molar-refractivity contribution in [1.82, 2.24) is 15.3 Å². The lowest BCUT2D eigenvalue weighted by Crippen LogP contribution is -2.40. The molecule has 2 aromatic rings. The maximum absolute atomic E-state index is 13.8. The Hall–Kier alpha value is -2.54. The number of carbonyl (C=O) groups is 1. The van der Waals surface area contributed by atoms with E-state index in [0.717, 1.165) is 42.1 Å². The number of anilines is 1. The molecule has 27 heavy (non-hydrogen) atoms. The fourth-order valence-corrected chi connectivity index (χ4v) is 3.58. The maximum atomic E-state index is 13.8. The fraction of sp³-hybridized carbons (Fsp3) is 0.450. The molecule has 3 rings (SSSR count). The van der Waals surface area contributed by atoms with Crippen molar-refractivity contribution in [2.24, 2.45) is 5.73 Å². The molecular formula is C20H26FN5O. The molecule has 144 valence electrons. The van der Waals surface area contributed by atoms with E-state index in [1.807, 2.05) is 26.0 Å². The van der Waals surface area contributed by atoms with Gasteiger partial charge in [0.1, 0.15) is 11.6 Å². The number of amides is 1. The second-order valence-electron chi connectivity index (χ2n) is 7.24. The summed E-state index contributed by atoms with van der Waals surface area (Å²) in [5, 5.41) is 3.58. The minimum Gasteiger partial charge on any atom is -0.363 e. The minimum absolute atomic E-state index is 0.0532. The van der Waals surface area contributed by atoms with Gasteiger partial charge in [0.15, 0.2) is 0 Å². The number of hydrogen-bond donors (Lipinski definition) is 2. The number of carbonyl (C=O) groups excluding carboxylic acids is 1. The van der Waals surface area contributed by atoms with Gasteiger partial charge in [-0.2, -0.15) is 0 Å². The topological polar surface area (TPSA) is 84.1 Å². The smallest absolute Gasteiger partial charge is 0.286 e. The number of aromatic nitrogens is 2. The van der Waals surface area contributed by atoms with Crippen LogP contribution >= 0.6 is 0 Å². The highest BCUT2D eigenvalue weighted by Gasteiger charge is 2.27. The molecular weight excluding hydrogens is 345 g/mol. The molecule has 0 aliphatic carbocycles. The zero-order valence-electron chi connectivity index (χ0n) is 16.0. The summed E-state index contributed by atoms with van der Waals surface area (Å²) in [6, 6.07) is 7.32. The third-order valence-electron chi connectivity index (χ3n) is 5.08. The van der Waals surface area contributed by atoms with Crippen LogP contribution in [-0.2, 0) is 6.42 Å². The standard InChI is InChI=1S/C20H26FN5O/c1-12(10-15-6-4-5-7-17(15)21)23-16-8-9-26(11-16)20-13(2)14(3)24-19(25-20)18(22)27/h4-7,12,16,23H,8-11H2,1-3H3,(H2,22,27)/t12?,16-/m1/s1. The van der Waals surface area contributed by atoms with Gasteiger partial charge in [0, 0.05) is 36.4 Å². The molecule has 1 aliphatic rings. The van der Waals surface area contributed by atoms with Gasteiger partial charge < -0.3 is 16.0 Å². The molecule has 0 bridgehead atoms. The number of halogens is 1. The molecule has 0 spiro atoms. The van der Waals surface area contributed by atoms with E-state index in [4.69, 9.17) is 5.73 Å². The van der Waals surface area contributed by atoms with Crippen LogP contribution in [0.2, 0.25) is 0 Å². The van der Waals surface area contributed by atoms with Gasteiger partial charge in [0.2, 0.25) is 5.82 Å². The van der Waals surface area contributed by atoms with Gasteiger partial charge in [-0.3, -0.25) is 4.79 Å². The van der Waals surface area contributed by atoms with Crippen LogP contribution in [-0.4, -0.2) is 41.0 Å². The predicted molar refractivity (Wildman–Crippen MR) is 103 cm³/mol. The largest absolute Gasteiger partial charge is 0.363 e.